The van der Waals surface area contributed by atoms with E-state index >= 15 is 0 Å². The average molecular weight is 351 g/mol. The second kappa shape index (κ2) is 5.35. The van der Waals surface area contributed by atoms with Gasteiger partial charge in [-0.2, -0.15) is 0 Å². The lowest BCUT2D eigenvalue weighted by atomic mass is 9.45. The quantitative estimate of drug-likeness (QED) is 0.483. The van der Waals surface area contributed by atoms with Gasteiger partial charge in [-0.1, -0.05) is 26.7 Å². The highest BCUT2D eigenvalue weighted by Gasteiger charge is 2.62. The fourth-order valence-electron chi connectivity index (χ4n) is 8.05. The molecule has 130 valence electrons. The van der Waals surface area contributed by atoms with Gasteiger partial charge in [-0.05, 0) is 85.9 Å². The Kier molecular flexibility index (Phi) is 3.70. The Morgan fingerprint density at radius 2 is 1.65 bits per heavy atom. The molecular formula is C21H34S2. The van der Waals surface area contributed by atoms with Crippen LogP contribution in [0.4, 0.5) is 0 Å². The Bertz CT molecular complexity index is 482. The lowest BCUT2D eigenvalue weighted by molar-refractivity contribution is -0.103. The highest BCUT2D eigenvalue weighted by molar-refractivity contribution is 8.21. The van der Waals surface area contributed by atoms with Crippen molar-refractivity contribution in [2.45, 2.75) is 82.1 Å². The number of thioether (sulfide) groups is 2. The fourth-order valence-corrected chi connectivity index (χ4v) is 11.7. The van der Waals surface area contributed by atoms with Crippen LogP contribution in [0.25, 0.3) is 0 Å². The minimum absolute atomic E-state index is 0.638. The van der Waals surface area contributed by atoms with Crippen LogP contribution >= 0.6 is 23.5 Å². The van der Waals surface area contributed by atoms with E-state index in [1.807, 2.05) is 0 Å². The summed E-state index contributed by atoms with van der Waals surface area (Å²) < 4.78 is 0.638. The minimum Gasteiger partial charge on any atom is -0.143 e. The van der Waals surface area contributed by atoms with E-state index in [4.69, 9.17) is 0 Å². The van der Waals surface area contributed by atoms with E-state index in [-0.39, 0.29) is 0 Å². The topological polar surface area (TPSA) is 0 Å². The molecule has 5 rings (SSSR count). The molecule has 23 heavy (non-hydrogen) atoms. The van der Waals surface area contributed by atoms with Crippen LogP contribution in [0.15, 0.2) is 0 Å². The molecule has 5 aliphatic rings. The van der Waals surface area contributed by atoms with Crippen molar-refractivity contribution in [1.82, 2.24) is 0 Å². The summed E-state index contributed by atoms with van der Waals surface area (Å²) in [6.45, 7) is 5.41. The van der Waals surface area contributed by atoms with E-state index in [9.17, 15) is 0 Å². The Morgan fingerprint density at radius 1 is 0.826 bits per heavy atom. The molecule has 6 unspecified atom stereocenters. The van der Waals surface area contributed by atoms with Gasteiger partial charge in [-0.25, -0.2) is 0 Å². The van der Waals surface area contributed by atoms with Crippen LogP contribution in [0, 0.1) is 34.5 Å². The second-order valence-corrected chi connectivity index (χ2v) is 13.3. The maximum absolute atomic E-state index is 2.72. The van der Waals surface area contributed by atoms with Crippen LogP contribution in [0.3, 0.4) is 0 Å². The molecule has 1 heterocycles. The smallest absolute Gasteiger partial charge is 0.0619 e. The molecule has 1 spiro atoms. The van der Waals surface area contributed by atoms with E-state index in [1.54, 1.807) is 44.9 Å². The number of fused-ring (bicyclic) bond motifs is 5. The third-order valence-electron chi connectivity index (χ3n) is 9.12. The number of hydrogen-bond acceptors (Lipinski definition) is 2. The standard InChI is InChI=1S/C21H34S2/c1-19-10-8-17-16(7-6-15-5-3-4-9-20(15,17)2)18(19)13-21(14-19)22-11-12-23-21/h15-18H,3-14H2,1-2H3. The first-order valence-electron chi connectivity index (χ1n) is 10.3. The van der Waals surface area contributed by atoms with Gasteiger partial charge in [0.05, 0.1) is 4.08 Å². The van der Waals surface area contributed by atoms with E-state index in [2.05, 4.69) is 37.4 Å². The van der Waals surface area contributed by atoms with Gasteiger partial charge in [0.1, 0.15) is 0 Å². The van der Waals surface area contributed by atoms with E-state index in [0.29, 0.717) is 14.9 Å². The molecule has 0 aromatic carbocycles. The molecule has 0 bridgehead atoms. The summed E-state index contributed by atoms with van der Waals surface area (Å²) in [4.78, 5) is 0. The summed E-state index contributed by atoms with van der Waals surface area (Å²) in [5.74, 6) is 7.12. The summed E-state index contributed by atoms with van der Waals surface area (Å²) in [5, 5.41) is 0. The third-order valence-corrected chi connectivity index (χ3v) is 12.6. The molecule has 0 amide bonds. The van der Waals surface area contributed by atoms with Crippen LogP contribution in [-0.4, -0.2) is 15.6 Å². The van der Waals surface area contributed by atoms with Crippen molar-refractivity contribution in [2.24, 2.45) is 34.5 Å². The molecule has 4 aliphatic carbocycles. The van der Waals surface area contributed by atoms with Crippen molar-refractivity contribution in [3.63, 3.8) is 0 Å². The lowest BCUT2D eigenvalue weighted by Crippen LogP contribution is -2.51. The molecule has 0 aromatic rings. The lowest BCUT2D eigenvalue weighted by Gasteiger charge is -2.60. The summed E-state index contributed by atoms with van der Waals surface area (Å²) in [7, 11) is 0. The molecular weight excluding hydrogens is 316 g/mol. The summed E-state index contributed by atoms with van der Waals surface area (Å²) in [5.41, 5.74) is 1.40. The van der Waals surface area contributed by atoms with Crippen LogP contribution in [0.5, 0.6) is 0 Å². The van der Waals surface area contributed by atoms with Gasteiger partial charge in [0, 0.05) is 11.5 Å². The van der Waals surface area contributed by atoms with Crippen LogP contribution in [0.2, 0.25) is 0 Å². The van der Waals surface area contributed by atoms with Crippen molar-refractivity contribution in [3.05, 3.63) is 0 Å². The summed E-state index contributed by atoms with van der Waals surface area (Å²) >= 11 is 4.68. The third kappa shape index (κ3) is 2.25. The van der Waals surface area contributed by atoms with Crippen molar-refractivity contribution in [2.75, 3.05) is 11.5 Å². The van der Waals surface area contributed by atoms with Gasteiger partial charge in [-0.15, -0.1) is 23.5 Å². The average Bonchev–Trinajstić information content (AvgIpc) is 3.10. The van der Waals surface area contributed by atoms with E-state index in [0.717, 1.165) is 23.7 Å². The summed E-state index contributed by atoms with van der Waals surface area (Å²) in [6.07, 6.45) is 15.5. The summed E-state index contributed by atoms with van der Waals surface area (Å²) in [6, 6.07) is 0. The Morgan fingerprint density at radius 3 is 2.48 bits per heavy atom. The molecule has 0 radical (unpaired) electrons. The SMILES string of the molecule is CC12CCC3C(CCC4CCCCC43C)C1CC1(C2)SCCS1. The molecule has 0 aromatic heterocycles. The zero-order valence-electron chi connectivity index (χ0n) is 15.1. The second-order valence-electron chi connectivity index (χ2n) is 10.1. The predicted molar refractivity (Wildman–Crippen MR) is 104 cm³/mol. The minimum atomic E-state index is 0.638. The van der Waals surface area contributed by atoms with Crippen molar-refractivity contribution in [3.8, 4) is 0 Å². The van der Waals surface area contributed by atoms with Gasteiger partial charge >= 0.3 is 0 Å². The van der Waals surface area contributed by atoms with Crippen molar-refractivity contribution in [1.29, 1.82) is 0 Å². The van der Waals surface area contributed by atoms with Gasteiger partial charge in [0.15, 0.2) is 0 Å². The van der Waals surface area contributed by atoms with Gasteiger partial charge in [0.2, 0.25) is 0 Å². The molecule has 4 saturated carbocycles. The fraction of sp³-hybridized carbons (Fsp3) is 1.00. The first kappa shape index (κ1) is 15.9. The zero-order chi connectivity index (χ0) is 15.7. The van der Waals surface area contributed by atoms with Gasteiger partial charge < -0.3 is 0 Å². The molecule has 0 N–H and O–H groups in total. The van der Waals surface area contributed by atoms with Crippen molar-refractivity contribution < 1.29 is 0 Å². The largest absolute Gasteiger partial charge is 0.143 e. The molecule has 1 aliphatic heterocycles. The van der Waals surface area contributed by atoms with Crippen LogP contribution < -0.4 is 0 Å². The highest BCUT2D eigenvalue weighted by Crippen LogP contribution is 2.71. The molecule has 6 atom stereocenters. The van der Waals surface area contributed by atoms with Crippen molar-refractivity contribution >= 4 is 23.5 Å². The Hall–Kier alpha value is 0.700. The monoisotopic (exact) mass is 350 g/mol. The van der Waals surface area contributed by atoms with Crippen LogP contribution in [0.1, 0.15) is 78.1 Å². The maximum atomic E-state index is 2.72. The molecule has 5 fully saturated rings. The zero-order valence-corrected chi connectivity index (χ0v) is 16.7. The predicted octanol–water partition coefficient (Wildman–Crippen LogP) is 6.60. The molecule has 1 saturated heterocycles. The van der Waals surface area contributed by atoms with Gasteiger partial charge in [0.25, 0.3) is 0 Å². The number of hydrogen-bond donors (Lipinski definition) is 0. The first-order chi connectivity index (χ1) is 11.0. The highest BCUT2D eigenvalue weighted by atomic mass is 32.2. The number of rotatable bonds is 0. The molecule has 2 heteroatoms. The Labute approximate surface area is 151 Å². The normalized spacial score (nSPS) is 54.5. The van der Waals surface area contributed by atoms with E-state index < -0.39 is 0 Å². The maximum Gasteiger partial charge on any atom is 0.0619 e. The first-order valence-corrected chi connectivity index (χ1v) is 12.3. The van der Waals surface area contributed by atoms with Gasteiger partial charge in [-0.3, -0.25) is 0 Å². The van der Waals surface area contributed by atoms with Crippen LogP contribution in [-0.2, 0) is 0 Å². The molecule has 0 nitrogen and oxygen atoms in total. The Balaban J connectivity index is 1.45. The van der Waals surface area contributed by atoms with E-state index in [1.165, 1.54) is 30.8 Å².